The molecule has 0 radical (unpaired) electrons. The lowest BCUT2D eigenvalue weighted by molar-refractivity contribution is -0.120. The fraction of sp³-hybridized carbons (Fsp3) is 0.639. The smallest absolute Gasteiger partial charge is 0.231 e. The van der Waals surface area contributed by atoms with Gasteiger partial charge in [0.1, 0.15) is 5.78 Å². The summed E-state index contributed by atoms with van der Waals surface area (Å²) in [4.78, 5) is 12.5. The summed E-state index contributed by atoms with van der Waals surface area (Å²) in [6.07, 6.45) is 25.5. The molecule has 5 nitrogen and oxygen atoms in total. The van der Waals surface area contributed by atoms with Gasteiger partial charge in [0.15, 0.2) is 21.3 Å². The highest BCUT2D eigenvalue weighted by molar-refractivity contribution is 7.90. The van der Waals surface area contributed by atoms with E-state index in [1.54, 1.807) is 12.1 Å². The van der Waals surface area contributed by atoms with Gasteiger partial charge in [-0.15, -0.1) is 0 Å². The van der Waals surface area contributed by atoms with Crippen molar-refractivity contribution in [2.75, 3.05) is 13.0 Å². The Morgan fingerprint density at radius 1 is 0.738 bits per heavy atom. The van der Waals surface area contributed by atoms with Gasteiger partial charge in [0.2, 0.25) is 6.79 Å². The van der Waals surface area contributed by atoms with Crippen LogP contribution in [0, 0.1) is 5.92 Å². The zero-order valence-corrected chi connectivity index (χ0v) is 26.7. The average molecular weight is 597 g/mol. The van der Waals surface area contributed by atoms with Crippen LogP contribution in [-0.4, -0.2) is 27.2 Å². The molecule has 0 amide bonds. The van der Waals surface area contributed by atoms with Crippen LogP contribution in [-0.2, 0) is 21.1 Å². The van der Waals surface area contributed by atoms with Crippen LogP contribution in [0.5, 0.6) is 11.5 Å². The normalized spacial score (nSPS) is 15.3. The van der Waals surface area contributed by atoms with Crippen LogP contribution in [0.1, 0.15) is 128 Å². The highest BCUT2D eigenvalue weighted by atomic mass is 32.2. The number of benzene rings is 2. The number of rotatable bonds is 19. The van der Waals surface area contributed by atoms with Crippen LogP contribution in [0.25, 0.3) is 11.1 Å². The number of carbonyl (C=O) groups excluding carboxylic acids is 1. The van der Waals surface area contributed by atoms with E-state index in [1.807, 2.05) is 18.2 Å². The Kier molecular flexibility index (Phi) is 13.2. The maximum Gasteiger partial charge on any atom is 0.231 e. The first-order valence-electron chi connectivity index (χ1n) is 16.6. The number of hydrogen-bond acceptors (Lipinski definition) is 5. The number of hydrogen-bond donors (Lipinski definition) is 0. The average Bonchev–Trinajstić information content (AvgIpc) is 3.44. The summed E-state index contributed by atoms with van der Waals surface area (Å²) in [7, 11) is -3.22. The zero-order chi connectivity index (χ0) is 29.6. The van der Waals surface area contributed by atoms with E-state index < -0.39 is 9.84 Å². The molecule has 0 saturated heterocycles. The van der Waals surface area contributed by atoms with Gasteiger partial charge >= 0.3 is 0 Å². The molecule has 1 aliphatic heterocycles. The zero-order valence-electron chi connectivity index (χ0n) is 25.8. The lowest BCUT2D eigenvalue weighted by Crippen LogP contribution is -2.11. The van der Waals surface area contributed by atoms with Crippen LogP contribution in [0.3, 0.4) is 0 Å². The fourth-order valence-corrected chi connectivity index (χ4v) is 7.19. The molecule has 0 bridgehead atoms. The maximum absolute atomic E-state index is 12.2. The van der Waals surface area contributed by atoms with Crippen molar-refractivity contribution < 1.29 is 22.7 Å². The third-order valence-electron chi connectivity index (χ3n) is 9.08. The molecule has 2 aromatic rings. The maximum atomic E-state index is 12.2. The number of aryl methyl sites for hydroxylation is 1. The van der Waals surface area contributed by atoms with Gasteiger partial charge in [0, 0.05) is 19.1 Å². The minimum Gasteiger partial charge on any atom is -0.454 e. The Bertz CT molecular complexity index is 1210. The second kappa shape index (κ2) is 17.1. The highest BCUT2D eigenvalue weighted by Gasteiger charge is 2.19. The predicted octanol–water partition coefficient (Wildman–Crippen LogP) is 9.64. The van der Waals surface area contributed by atoms with Crippen LogP contribution < -0.4 is 9.47 Å². The minimum atomic E-state index is -3.22. The van der Waals surface area contributed by atoms with Gasteiger partial charge in [-0.25, -0.2) is 8.42 Å². The van der Waals surface area contributed by atoms with E-state index in [1.165, 1.54) is 108 Å². The SMILES string of the molecule is CS(=O)(=O)c1ccc(-c2cc3c(cc2CCCCCCCCCCCCCCC(=O)CC2CCCCC2)OCO3)cc1. The number of Topliss-reactive ketones (excluding diaryl/α,β-unsaturated/α-hetero) is 1. The van der Waals surface area contributed by atoms with Gasteiger partial charge in [0.25, 0.3) is 0 Å². The quantitative estimate of drug-likeness (QED) is 0.151. The van der Waals surface area contributed by atoms with Crippen molar-refractivity contribution in [2.24, 2.45) is 5.92 Å². The van der Waals surface area contributed by atoms with Gasteiger partial charge in [0.05, 0.1) is 4.90 Å². The van der Waals surface area contributed by atoms with Crippen LogP contribution in [0.15, 0.2) is 41.3 Å². The first-order valence-corrected chi connectivity index (χ1v) is 18.5. The van der Waals surface area contributed by atoms with E-state index in [-0.39, 0.29) is 6.79 Å². The molecule has 1 heterocycles. The molecule has 2 aliphatic rings. The Labute approximate surface area is 254 Å². The highest BCUT2D eigenvalue weighted by Crippen LogP contribution is 2.39. The molecule has 1 fully saturated rings. The van der Waals surface area contributed by atoms with Crippen molar-refractivity contribution >= 4 is 15.6 Å². The summed E-state index contributed by atoms with van der Waals surface area (Å²) in [5.41, 5.74) is 3.31. The summed E-state index contributed by atoms with van der Waals surface area (Å²) in [6, 6.07) is 11.3. The van der Waals surface area contributed by atoms with Gasteiger partial charge in [-0.1, -0.05) is 108 Å². The molecular formula is C36H52O5S. The third-order valence-corrected chi connectivity index (χ3v) is 10.2. The van der Waals surface area contributed by atoms with Crippen LogP contribution >= 0.6 is 0 Å². The molecule has 1 saturated carbocycles. The molecule has 232 valence electrons. The standard InChI is InChI=1S/C36H52O5S/c1-42(38,39)33-23-21-30(22-24-33)34-27-36-35(40-28-41-36)26-31(34)19-15-10-8-6-4-2-3-5-7-9-11-16-20-32(37)25-29-17-13-12-14-18-29/h21-24,26-27,29H,2-20,25,28H2,1H3. The van der Waals surface area contributed by atoms with Crippen LogP contribution in [0.4, 0.5) is 0 Å². The summed E-state index contributed by atoms with van der Waals surface area (Å²) in [6.45, 7) is 0.243. The lowest BCUT2D eigenvalue weighted by Gasteiger charge is -2.20. The number of fused-ring (bicyclic) bond motifs is 1. The molecule has 4 rings (SSSR count). The topological polar surface area (TPSA) is 69.7 Å². The lowest BCUT2D eigenvalue weighted by atomic mass is 9.85. The van der Waals surface area contributed by atoms with Crippen molar-refractivity contribution in [1.82, 2.24) is 0 Å². The number of sulfone groups is 1. The summed E-state index contributed by atoms with van der Waals surface area (Å²) >= 11 is 0. The molecule has 42 heavy (non-hydrogen) atoms. The second-order valence-corrected chi connectivity index (χ2v) is 14.7. The van der Waals surface area contributed by atoms with E-state index in [4.69, 9.17) is 9.47 Å². The van der Waals surface area contributed by atoms with Gasteiger partial charge in [-0.2, -0.15) is 0 Å². The van der Waals surface area contributed by atoms with Crippen LogP contribution in [0.2, 0.25) is 0 Å². The van der Waals surface area contributed by atoms with Gasteiger partial charge < -0.3 is 9.47 Å². The van der Waals surface area contributed by atoms with Gasteiger partial charge in [-0.05, 0) is 66.1 Å². The number of ketones is 1. The summed E-state index contributed by atoms with van der Waals surface area (Å²) < 4.78 is 35.0. The molecule has 0 unspecified atom stereocenters. The molecule has 0 atom stereocenters. The van der Waals surface area contributed by atoms with Crippen molar-refractivity contribution in [2.45, 2.75) is 133 Å². The molecule has 0 N–H and O–H groups in total. The van der Waals surface area contributed by atoms with E-state index in [0.29, 0.717) is 16.6 Å². The Hall–Kier alpha value is -2.34. The number of carbonyl (C=O) groups is 1. The van der Waals surface area contributed by atoms with Gasteiger partial charge in [-0.3, -0.25) is 4.79 Å². The monoisotopic (exact) mass is 596 g/mol. The Morgan fingerprint density at radius 2 is 1.29 bits per heavy atom. The minimum absolute atomic E-state index is 0.243. The first kappa shape index (κ1) is 32.6. The first-order chi connectivity index (χ1) is 20.4. The molecule has 1 aliphatic carbocycles. The predicted molar refractivity (Wildman–Crippen MR) is 171 cm³/mol. The third kappa shape index (κ3) is 10.7. The van der Waals surface area contributed by atoms with Crippen molar-refractivity contribution in [1.29, 1.82) is 0 Å². The van der Waals surface area contributed by atoms with Crippen molar-refractivity contribution in [3.05, 3.63) is 42.0 Å². The number of unbranched alkanes of at least 4 members (excludes halogenated alkanes) is 11. The van der Waals surface area contributed by atoms with E-state index in [9.17, 15) is 13.2 Å². The van der Waals surface area contributed by atoms with E-state index in [0.717, 1.165) is 54.7 Å². The summed E-state index contributed by atoms with van der Waals surface area (Å²) in [5.74, 6) is 2.75. The van der Waals surface area contributed by atoms with Crippen molar-refractivity contribution in [3.63, 3.8) is 0 Å². The number of ether oxygens (including phenoxy) is 2. The Balaban J connectivity index is 1.05. The second-order valence-electron chi connectivity index (χ2n) is 12.6. The Morgan fingerprint density at radius 3 is 1.88 bits per heavy atom. The van der Waals surface area contributed by atoms with E-state index >= 15 is 0 Å². The molecular weight excluding hydrogens is 544 g/mol. The summed E-state index contributed by atoms with van der Waals surface area (Å²) in [5, 5.41) is 0. The van der Waals surface area contributed by atoms with Crippen molar-refractivity contribution in [3.8, 4) is 22.6 Å². The largest absolute Gasteiger partial charge is 0.454 e. The fourth-order valence-electron chi connectivity index (χ4n) is 6.56. The molecule has 0 spiro atoms. The molecule has 0 aromatic heterocycles. The molecule has 2 aromatic carbocycles. The molecule has 6 heteroatoms. The van der Waals surface area contributed by atoms with E-state index in [2.05, 4.69) is 6.07 Å².